The monoisotopic (exact) mass is 416 g/mol. The number of morpholine rings is 1. The molecule has 1 saturated carbocycles. The van der Waals surface area contributed by atoms with Gasteiger partial charge in [-0.25, -0.2) is 5.48 Å². The zero-order valence-electron chi connectivity index (χ0n) is 18.1. The second-order valence-electron chi connectivity index (χ2n) is 8.16. The minimum atomic E-state index is -0.425. The van der Waals surface area contributed by atoms with E-state index in [1.165, 1.54) is 0 Å². The molecular formula is C21H32N6O3. The van der Waals surface area contributed by atoms with E-state index >= 15 is 0 Å². The first-order valence-corrected chi connectivity index (χ1v) is 10.8. The smallest absolute Gasteiger partial charge is 0.253 e. The average molecular weight is 417 g/mol. The maximum Gasteiger partial charge on any atom is 0.253 e. The zero-order chi connectivity index (χ0) is 21.1. The topological polar surface area (TPSA) is 93.5 Å². The summed E-state index contributed by atoms with van der Waals surface area (Å²) in [6.45, 7) is 7.50. The van der Waals surface area contributed by atoms with Crippen molar-refractivity contribution in [2.75, 3.05) is 33.4 Å². The minimum Gasteiger partial charge on any atom is -0.366 e. The van der Waals surface area contributed by atoms with Gasteiger partial charge in [0.05, 0.1) is 25.3 Å². The number of hydrogen-bond acceptors (Lipinski definition) is 7. The molecule has 1 saturated heterocycles. The quantitative estimate of drug-likeness (QED) is 0.470. The van der Waals surface area contributed by atoms with Gasteiger partial charge in [-0.1, -0.05) is 0 Å². The Balaban J connectivity index is 1.62. The summed E-state index contributed by atoms with van der Waals surface area (Å²) in [6, 6.07) is 2.22. The van der Waals surface area contributed by atoms with Crippen LogP contribution in [0.15, 0.2) is 12.3 Å². The molecule has 164 valence electrons. The van der Waals surface area contributed by atoms with Crippen LogP contribution in [0.1, 0.15) is 43.5 Å². The maximum absolute atomic E-state index is 13.3. The van der Waals surface area contributed by atoms with Crippen LogP contribution in [0, 0.1) is 6.92 Å². The third-order valence-corrected chi connectivity index (χ3v) is 5.76. The molecule has 2 aromatic rings. The van der Waals surface area contributed by atoms with E-state index in [2.05, 4.69) is 23.8 Å². The van der Waals surface area contributed by atoms with Crippen LogP contribution in [0.25, 0.3) is 11.0 Å². The van der Waals surface area contributed by atoms with E-state index in [9.17, 15) is 4.79 Å². The number of hydroxylamine groups is 1. The lowest BCUT2D eigenvalue weighted by atomic mass is 10.1. The molecule has 2 aliphatic rings. The minimum absolute atomic E-state index is 0.0521. The van der Waals surface area contributed by atoms with E-state index in [1.54, 1.807) is 7.11 Å². The molecular weight excluding hydrogens is 384 g/mol. The Labute approximate surface area is 177 Å². The van der Waals surface area contributed by atoms with Crippen LogP contribution in [-0.4, -0.2) is 71.1 Å². The molecule has 0 bridgehead atoms. The van der Waals surface area contributed by atoms with E-state index in [0.29, 0.717) is 13.2 Å². The van der Waals surface area contributed by atoms with Crippen LogP contribution < -0.4 is 10.8 Å². The van der Waals surface area contributed by atoms with Crippen molar-refractivity contribution in [3.8, 4) is 0 Å². The van der Waals surface area contributed by atoms with Crippen LogP contribution in [-0.2, 0) is 20.9 Å². The number of rotatable bonds is 9. The highest BCUT2D eigenvalue weighted by molar-refractivity contribution is 5.84. The summed E-state index contributed by atoms with van der Waals surface area (Å²) in [4.78, 5) is 24.9. The number of carbonyl (C=O) groups excluding carboxylic acids is 1. The molecule has 9 nitrogen and oxygen atoms in total. The second kappa shape index (κ2) is 9.38. The predicted octanol–water partition coefficient (Wildman–Crippen LogP) is 1.32. The van der Waals surface area contributed by atoms with Crippen molar-refractivity contribution in [1.29, 1.82) is 0 Å². The molecule has 3 heterocycles. The summed E-state index contributed by atoms with van der Waals surface area (Å²) in [5.41, 5.74) is 6.70. The van der Waals surface area contributed by atoms with Gasteiger partial charge in [0, 0.05) is 38.4 Å². The van der Waals surface area contributed by atoms with Gasteiger partial charge >= 0.3 is 0 Å². The lowest BCUT2D eigenvalue weighted by molar-refractivity contribution is -0.148. The summed E-state index contributed by atoms with van der Waals surface area (Å²) in [7, 11) is 1.62. The lowest BCUT2D eigenvalue weighted by Crippen LogP contribution is -2.50. The SMILES string of the molecule is CONCCCn1nc([C@@H](C)N(C(=O)[C@H]2CNCCO2)C2CC2)c2ncc(C)cc21. The van der Waals surface area contributed by atoms with Crippen molar-refractivity contribution in [3.63, 3.8) is 0 Å². The van der Waals surface area contributed by atoms with Crippen molar-refractivity contribution in [2.24, 2.45) is 0 Å². The van der Waals surface area contributed by atoms with Crippen LogP contribution in [0.5, 0.6) is 0 Å². The van der Waals surface area contributed by atoms with Gasteiger partial charge in [-0.3, -0.25) is 14.5 Å². The Bertz CT molecular complexity index is 875. The van der Waals surface area contributed by atoms with Gasteiger partial charge in [-0.2, -0.15) is 5.10 Å². The first-order chi connectivity index (χ1) is 14.6. The average Bonchev–Trinajstić information content (AvgIpc) is 3.53. The molecule has 1 amide bonds. The van der Waals surface area contributed by atoms with Gasteiger partial charge in [0.15, 0.2) is 0 Å². The molecule has 0 aromatic carbocycles. The molecule has 9 heteroatoms. The fourth-order valence-electron chi connectivity index (χ4n) is 4.10. The normalized spacial score (nSPS) is 20.4. The fraction of sp³-hybridized carbons (Fsp3) is 0.667. The van der Waals surface area contributed by atoms with Crippen molar-refractivity contribution in [2.45, 2.75) is 57.8 Å². The van der Waals surface area contributed by atoms with E-state index < -0.39 is 6.10 Å². The lowest BCUT2D eigenvalue weighted by Gasteiger charge is -2.33. The van der Waals surface area contributed by atoms with Crippen LogP contribution in [0.4, 0.5) is 0 Å². The number of hydrogen-bond donors (Lipinski definition) is 2. The predicted molar refractivity (Wildman–Crippen MR) is 113 cm³/mol. The Morgan fingerprint density at radius 1 is 1.50 bits per heavy atom. The Morgan fingerprint density at radius 2 is 2.33 bits per heavy atom. The Morgan fingerprint density at radius 3 is 3.03 bits per heavy atom. The largest absolute Gasteiger partial charge is 0.366 e. The highest BCUT2D eigenvalue weighted by Gasteiger charge is 2.41. The Hall–Kier alpha value is -2.07. The van der Waals surface area contributed by atoms with Crippen molar-refractivity contribution >= 4 is 16.9 Å². The number of ether oxygens (including phenoxy) is 1. The standard InChI is InChI=1S/C21H32N6O3/c1-14-11-17-20(23-12-14)19(25-26(17)9-4-7-24-29-3)15(2)27(16-5-6-16)21(28)18-13-22-8-10-30-18/h11-12,15-16,18,22,24H,4-10,13H2,1-3H3/t15-,18-/m1/s1. The van der Waals surface area contributed by atoms with E-state index in [-0.39, 0.29) is 18.0 Å². The van der Waals surface area contributed by atoms with Gasteiger partial charge in [-0.15, -0.1) is 0 Å². The molecule has 4 rings (SSSR count). The third-order valence-electron chi connectivity index (χ3n) is 5.76. The molecule has 30 heavy (non-hydrogen) atoms. The Kier molecular flexibility index (Phi) is 6.62. The second-order valence-corrected chi connectivity index (χ2v) is 8.16. The van der Waals surface area contributed by atoms with Crippen LogP contribution >= 0.6 is 0 Å². The summed E-state index contributed by atoms with van der Waals surface area (Å²) in [6.07, 6.45) is 4.38. The first-order valence-electron chi connectivity index (χ1n) is 10.8. The van der Waals surface area contributed by atoms with Gasteiger partial charge in [0.25, 0.3) is 5.91 Å². The summed E-state index contributed by atoms with van der Waals surface area (Å²) in [5.74, 6) is 0.0521. The molecule has 2 atom stereocenters. The number of pyridine rings is 1. The number of aromatic nitrogens is 3. The van der Waals surface area contributed by atoms with Crippen LogP contribution in [0.2, 0.25) is 0 Å². The van der Waals surface area contributed by atoms with Crippen molar-refractivity contribution < 1.29 is 14.4 Å². The van der Waals surface area contributed by atoms with Gasteiger partial charge in [0.1, 0.15) is 17.3 Å². The van der Waals surface area contributed by atoms with Crippen molar-refractivity contribution in [1.82, 2.24) is 30.5 Å². The maximum atomic E-state index is 13.3. The first kappa shape index (κ1) is 21.2. The molecule has 1 aliphatic carbocycles. The molecule has 2 fully saturated rings. The summed E-state index contributed by atoms with van der Waals surface area (Å²) < 4.78 is 7.76. The van der Waals surface area contributed by atoms with Crippen LogP contribution in [0.3, 0.4) is 0 Å². The fourth-order valence-corrected chi connectivity index (χ4v) is 4.10. The third kappa shape index (κ3) is 4.49. The molecule has 2 aromatic heterocycles. The highest BCUT2D eigenvalue weighted by atomic mass is 16.6. The number of carbonyl (C=O) groups is 1. The number of nitrogens with one attached hydrogen (secondary N) is 2. The molecule has 0 spiro atoms. The highest BCUT2D eigenvalue weighted by Crippen LogP contribution is 2.36. The van der Waals surface area contributed by atoms with E-state index in [4.69, 9.17) is 19.7 Å². The number of aryl methyl sites for hydroxylation is 2. The summed E-state index contributed by atoms with van der Waals surface area (Å²) >= 11 is 0. The molecule has 0 radical (unpaired) electrons. The number of fused-ring (bicyclic) bond motifs is 1. The molecule has 0 unspecified atom stereocenters. The van der Waals surface area contributed by atoms with Gasteiger partial charge < -0.3 is 19.8 Å². The van der Waals surface area contributed by atoms with E-state index in [1.807, 2.05) is 22.7 Å². The van der Waals surface area contributed by atoms with Gasteiger partial charge in [0.2, 0.25) is 0 Å². The zero-order valence-corrected chi connectivity index (χ0v) is 18.1. The number of amides is 1. The van der Waals surface area contributed by atoms with E-state index in [0.717, 1.165) is 61.2 Å². The van der Waals surface area contributed by atoms with Crippen molar-refractivity contribution in [3.05, 3.63) is 23.5 Å². The molecule has 2 N–H and O–H groups in total. The summed E-state index contributed by atoms with van der Waals surface area (Å²) in [5, 5.41) is 8.18. The van der Waals surface area contributed by atoms with Gasteiger partial charge in [-0.05, 0) is 44.7 Å². The number of nitrogens with zero attached hydrogens (tertiary/aromatic N) is 4. The molecule has 1 aliphatic heterocycles.